The van der Waals surface area contributed by atoms with Gasteiger partial charge in [0.05, 0.1) is 0 Å². The molecule has 0 amide bonds. The molecular weight excluding hydrogens is 222 g/mol. The maximum Gasteiger partial charge on any atom is 0.164 e. The van der Waals surface area contributed by atoms with Gasteiger partial charge >= 0.3 is 0 Å². The van der Waals surface area contributed by atoms with E-state index in [1.165, 1.54) is 17.3 Å². The zero-order valence-electron chi connectivity index (χ0n) is 9.47. The average Bonchev–Trinajstić information content (AvgIpc) is 2.53. The van der Waals surface area contributed by atoms with Crippen molar-refractivity contribution in [1.29, 1.82) is 5.26 Å². The largest absolute Gasteiger partial charge is 0.340 e. The molecule has 2 atom stereocenters. The summed E-state index contributed by atoms with van der Waals surface area (Å²) in [6.45, 7) is 3.86. The summed E-state index contributed by atoms with van der Waals surface area (Å²) in [5, 5.41) is 10.6. The minimum atomic E-state index is -0.508. The molecule has 2 rings (SSSR count). The summed E-state index contributed by atoms with van der Waals surface area (Å²) < 4.78 is 11.6. The van der Waals surface area contributed by atoms with Gasteiger partial charge in [0.1, 0.15) is 17.6 Å². The highest BCUT2D eigenvalue weighted by Crippen LogP contribution is 2.35. The number of fused-ring (bicyclic) bond motifs is 1. The summed E-state index contributed by atoms with van der Waals surface area (Å²) >= 11 is 1.28. The minimum Gasteiger partial charge on any atom is -0.340 e. The first-order chi connectivity index (χ1) is 7.62. The molecule has 1 aliphatic heterocycles. The molecule has 0 saturated carbocycles. The molecule has 0 aromatic heterocycles. The third-order valence-electron chi connectivity index (χ3n) is 2.66. The summed E-state index contributed by atoms with van der Waals surface area (Å²) in [6.07, 6.45) is 7.05. The second-order valence-corrected chi connectivity index (χ2v) is 5.22. The standard InChI is InChI=1S/C12H15NO2S/c1-12(2)14-10-5-3-4-9(11(10)15-12)6-7-16-8-13/h3-5,10-11H,6-7H2,1-2H3/t10-,11+/m0/s1. The fraction of sp³-hybridized carbons (Fsp3) is 0.583. The third-order valence-corrected chi connectivity index (χ3v) is 3.20. The molecule has 0 bridgehead atoms. The molecule has 86 valence electrons. The molecule has 16 heavy (non-hydrogen) atoms. The van der Waals surface area contributed by atoms with Crippen molar-refractivity contribution < 1.29 is 9.47 Å². The van der Waals surface area contributed by atoms with Crippen LogP contribution in [-0.2, 0) is 9.47 Å². The Labute approximate surface area is 100 Å². The molecule has 1 saturated heterocycles. The van der Waals surface area contributed by atoms with Crippen molar-refractivity contribution in [3.63, 3.8) is 0 Å². The van der Waals surface area contributed by atoms with E-state index >= 15 is 0 Å². The number of nitrogens with zero attached hydrogens (tertiary/aromatic N) is 1. The highest BCUT2D eigenvalue weighted by atomic mass is 32.2. The van der Waals surface area contributed by atoms with Crippen LogP contribution in [0.15, 0.2) is 23.8 Å². The van der Waals surface area contributed by atoms with Gasteiger partial charge in [-0.2, -0.15) is 5.26 Å². The number of nitriles is 1. The second-order valence-electron chi connectivity index (χ2n) is 4.34. The molecule has 0 aromatic rings. The Morgan fingerprint density at radius 1 is 1.50 bits per heavy atom. The molecule has 0 spiro atoms. The maximum absolute atomic E-state index is 8.49. The van der Waals surface area contributed by atoms with Crippen molar-refractivity contribution in [1.82, 2.24) is 0 Å². The van der Waals surface area contributed by atoms with Gasteiger partial charge in [0, 0.05) is 5.75 Å². The Hall–Kier alpha value is -0.760. The van der Waals surface area contributed by atoms with Crippen LogP contribution in [0.2, 0.25) is 0 Å². The number of thioether (sulfide) groups is 1. The lowest BCUT2D eigenvalue weighted by Gasteiger charge is -2.20. The predicted octanol–water partition coefficient (Wildman–Crippen LogP) is 2.61. The van der Waals surface area contributed by atoms with Gasteiger partial charge < -0.3 is 9.47 Å². The fourth-order valence-corrected chi connectivity index (χ4v) is 2.47. The van der Waals surface area contributed by atoms with E-state index in [-0.39, 0.29) is 12.2 Å². The Kier molecular flexibility index (Phi) is 3.38. The van der Waals surface area contributed by atoms with Gasteiger partial charge in [0.15, 0.2) is 5.79 Å². The highest BCUT2D eigenvalue weighted by molar-refractivity contribution is 8.03. The van der Waals surface area contributed by atoms with Crippen molar-refractivity contribution in [3.05, 3.63) is 23.8 Å². The van der Waals surface area contributed by atoms with Crippen LogP contribution in [0.5, 0.6) is 0 Å². The third kappa shape index (κ3) is 2.49. The maximum atomic E-state index is 8.49. The van der Waals surface area contributed by atoms with E-state index in [0.29, 0.717) is 0 Å². The van der Waals surface area contributed by atoms with E-state index in [0.717, 1.165) is 12.2 Å². The van der Waals surface area contributed by atoms with Crippen molar-refractivity contribution in [2.45, 2.75) is 38.3 Å². The summed E-state index contributed by atoms with van der Waals surface area (Å²) in [5.74, 6) is 0.300. The van der Waals surface area contributed by atoms with Crippen molar-refractivity contribution in [3.8, 4) is 5.40 Å². The lowest BCUT2D eigenvalue weighted by molar-refractivity contribution is -0.139. The molecule has 0 unspecified atom stereocenters. The first-order valence-electron chi connectivity index (χ1n) is 5.36. The minimum absolute atomic E-state index is 0.0271. The number of thiocyanates is 1. The van der Waals surface area contributed by atoms with Crippen molar-refractivity contribution >= 4 is 11.8 Å². The highest BCUT2D eigenvalue weighted by Gasteiger charge is 2.42. The predicted molar refractivity (Wildman–Crippen MR) is 63.7 cm³/mol. The molecular formula is C12H15NO2S. The van der Waals surface area contributed by atoms with Crippen LogP contribution < -0.4 is 0 Å². The number of ether oxygens (including phenoxy) is 2. The molecule has 4 heteroatoms. The lowest BCUT2D eigenvalue weighted by atomic mass is 9.97. The molecule has 1 aliphatic carbocycles. The molecule has 0 radical (unpaired) electrons. The van der Waals surface area contributed by atoms with E-state index in [2.05, 4.69) is 11.5 Å². The lowest BCUT2D eigenvalue weighted by Crippen LogP contribution is -2.25. The van der Waals surface area contributed by atoms with E-state index in [9.17, 15) is 0 Å². The number of hydrogen-bond acceptors (Lipinski definition) is 4. The Morgan fingerprint density at radius 2 is 2.31 bits per heavy atom. The molecule has 0 N–H and O–H groups in total. The number of allylic oxidation sites excluding steroid dienone is 2. The Bertz CT molecular complexity index is 368. The fourth-order valence-electron chi connectivity index (χ4n) is 2.04. The topological polar surface area (TPSA) is 42.2 Å². The summed E-state index contributed by atoms with van der Waals surface area (Å²) in [6, 6.07) is 0. The normalized spacial score (nSPS) is 30.7. The first kappa shape index (κ1) is 11.7. The average molecular weight is 237 g/mol. The number of rotatable bonds is 3. The summed E-state index contributed by atoms with van der Waals surface area (Å²) in [5.41, 5.74) is 1.22. The molecule has 2 aliphatic rings. The van der Waals surface area contributed by atoms with E-state index < -0.39 is 5.79 Å². The zero-order valence-corrected chi connectivity index (χ0v) is 10.3. The van der Waals surface area contributed by atoms with Crippen LogP contribution in [0.1, 0.15) is 20.3 Å². The van der Waals surface area contributed by atoms with E-state index in [1.807, 2.05) is 26.0 Å². The molecule has 0 aromatic carbocycles. The second kappa shape index (κ2) is 4.62. The van der Waals surface area contributed by atoms with Gasteiger partial charge in [-0.3, -0.25) is 0 Å². The van der Waals surface area contributed by atoms with E-state index in [4.69, 9.17) is 14.7 Å². The van der Waals surface area contributed by atoms with Crippen LogP contribution in [0, 0.1) is 10.7 Å². The van der Waals surface area contributed by atoms with Gasteiger partial charge in [-0.05, 0) is 37.6 Å². The zero-order chi connectivity index (χ0) is 11.6. The summed E-state index contributed by atoms with van der Waals surface area (Å²) in [4.78, 5) is 0. The van der Waals surface area contributed by atoms with Gasteiger partial charge in [-0.25, -0.2) is 0 Å². The van der Waals surface area contributed by atoms with Gasteiger partial charge in [-0.1, -0.05) is 18.2 Å². The van der Waals surface area contributed by atoms with Crippen LogP contribution in [0.4, 0.5) is 0 Å². The van der Waals surface area contributed by atoms with Crippen LogP contribution in [-0.4, -0.2) is 23.7 Å². The van der Waals surface area contributed by atoms with Crippen LogP contribution in [0.25, 0.3) is 0 Å². The Morgan fingerprint density at radius 3 is 3.06 bits per heavy atom. The number of hydrogen-bond donors (Lipinski definition) is 0. The smallest absolute Gasteiger partial charge is 0.164 e. The van der Waals surface area contributed by atoms with Crippen molar-refractivity contribution in [2.24, 2.45) is 0 Å². The van der Waals surface area contributed by atoms with Gasteiger partial charge in [-0.15, -0.1) is 0 Å². The monoisotopic (exact) mass is 237 g/mol. The SMILES string of the molecule is CC1(C)O[C@H]2C=CC=C(CCSC#N)[C@H]2O1. The van der Waals surface area contributed by atoms with Gasteiger partial charge in [0.2, 0.25) is 0 Å². The molecule has 1 heterocycles. The quantitative estimate of drug-likeness (QED) is 0.559. The molecule has 1 fully saturated rings. The first-order valence-corrected chi connectivity index (χ1v) is 6.35. The van der Waals surface area contributed by atoms with Crippen LogP contribution in [0.3, 0.4) is 0 Å². The van der Waals surface area contributed by atoms with Crippen molar-refractivity contribution in [2.75, 3.05) is 5.75 Å². The van der Waals surface area contributed by atoms with Gasteiger partial charge in [0.25, 0.3) is 0 Å². The Balaban J connectivity index is 2.01. The van der Waals surface area contributed by atoms with Crippen LogP contribution >= 0.6 is 11.8 Å². The summed E-state index contributed by atoms with van der Waals surface area (Å²) in [7, 11) is 0. The molecule has 3 nitrogen and oxygen atoms in total. The van der Waals surface area contributed by atoms with E-state index in [1.54, 1.807) is 0 Å².